The predicted octanol–water partition coefficient (Wildman–Crippen LogP) is 4.12. The molecule has 2 aromatic heterocycles. The summed E-state index contributed by atoms with van der Waals surface area (Å²) in [5.41, 5.74) is 2.38. The van der Waals surface area contributed by atoms with Gasteiger partial charge in [-0.2, -0.15) is 0 Å². The molecule has 1 fully saturated rings. The van der Waals surface area contributed by atoms with E-state index in [1.165, 1.54) is 0 Å². The Bertz CT molecular complexity index is 1390. The summed E-state index contributed by atoms with van der Waals surface area (Å²) in [6.07, 6.45) is 2.24. The fourth-order valence-electron chi connectivity index (χ4n) is 4.82. The van der Waals surface area contributed by atoms with Gasteiger partial charge in [-0.1, -0.05) is 66.2 Å². The van der Waals surface area contributed by atoms with Crippen molar-refractivity contribution in [3.63, 3.8) is 0 Å². The van der Waals surface area contributed by atoms with E-state index in [9.17, 15) is 9.59 Å². The van der Waals surface area contributed by atoms with Crippen LogP contribution in [-0.4, -0.2) is 48.9 Å². The van der Waals surface area contributed by atoms with Gasteiger partial charge in [0, 0.05) is 24.0 Å². The van der Waals surface area contributed by atoms with Gasteiger partial charge in [0.2, 0.25) is 5.91 Å². The summed E-state index contributed by atoms with van der Waals surface area (Å²) in [7, 11) is 0. The van der Waals surface area contributed by atoms with E-state index in [0.29, 0.717) is 36.1 Å². The number of hydrogen-bond acceptors (Lipinski definition) is 5. The monoisotopic (exact) mass is 490 g/mol. The quantitative estimate of drug-likeness (QED) is 0.438. The Morgan fingerprint density at radius 1 is 1.14 bits per heavy atom. The van der Waals surface area contributed by atoms with Gasteiger partial charge >= 0.3 is 0 Å². The van der Waals surface area contributed by atoms with Crippen LogP contribution in [0, 0.1) is 0 Å². The number of likely N-dealkylation sites (tertiary alicyclic amines) is 1. The molecule has 1 N–H and O–H groups in total. The number of nitrogens with one attached hydrogen (secondary N) is 1. The molecule has 8 nitrogen and oxygen atoms in total. The number of nitrogens with zero attached hydrogens (tertiary/aromatic N) is 5. The maximum Gasteiger partial charge on any atom is 0.281 e. The van der Waals surface area contributed by atoms with E-state index in [-0.39, 0.29) is 28.8 Å². The second-order valence-electron chi connectivity index (χ2n) is 8.97. The van der Waals surface area contributed by atoms with E-state index in [1.54, 1.807) is 4.68 Å². The highest BCUT2D eigenvalue weighted by molar-refractivity contribution is 6.30. The molecule has 5 rings (SSSR count). The number of rotatable bonds is 6. The number of carbonyl (C=O) groups excluding carboxylic acids is 1. The number of hydrogen-bond donors (Lipinski definition) is 1. The second kappa shape index (κ2) is 10.00. The number of fused-ring (bicyclic) bond motifs is 1. The molecular formula is C26H27ClN6O2. The lowest BCUT2D eigenvalue weighted by atomic mass is 9.91. The molecule has 0 saturated carbocycles. The summed E-state index contributed by atoms with van der Waals surface area (Å²) < 4.78 is 1.63. The minimum atomic E-state index is -0.295. The molecule has 1 amide bonds. The van der Waals surface area contributed by atoms with Crippen LogP contribution in [0.4, 0.5) is 0 Å². The van der Waals surface area contributed by atoms with Crippen molar-refractivity contribution >= 4 is 28.7 Å². The number of aromatic amines is 1. The number of halogens is 1. The van der Waals surface area contributed by atoms with Crippen molar-refractivity contribution in [1.82, 2.24) is 29.9 Å². The number of amides is 1. The molecule has 1 atom stereocenters. The van der Waals surface area contributed by atoms with Crippen molar-refractivity contribution in [1.29, 1.82) is 0 Å². The Morgan fingerprint density at radius 3 is 2.63 bits per heavy atom. The molecule has 0 bridgehead atoms. The van der Waals surface area contributed by atoms with Gasteiger partial charge in [-0.05, 0) is 42.5 Å². The van der Waals surface area contributed by atoms with E-state index < -0.39 is 0 Å². The van der Waals surface area contributed by atoms with Crippen molar-refractivity contribution in [2.24, 2.45) is 0 Å². The van der Waals surface area contributed by atoms with Crippen LogP contribution in [0.25, 0.3) is 11.2 Å². The van der Waals surface area contributed by atoms with Crippen molar-refractivity contribution in [2.75, 3.05) is 13.1 Å². The molecule has 0 aliphatic carbocycles. The Kier molecular flexibility index (Phi) is 6.63. The summed E-state index contributed by atoms with van der Waals surface area (Å²) >= 11 is 6.11. The Morgan fingerprint density at radius 2 is 1.91 bits per heavy atom. The van der Waals surface area contributed by atoms with Gasteiger partial charge in [0.05, 0.1) is 12.5 Å². The third-order valence-electron chi connectivity index (χ3n) is 6.71. The first-order valence-electron chi connectivity index (χ1n) is 11.9. The van der Waals surface area contributed by atoms with E-state index in [0.717, 1.165) is 30.4 Å². The zero-order chi connectivity index (χ0) is 24.4. The van der Waals surface area contributed by atoms with Crippen LogP contribution < -0.4 is 5.56 Å². The van der Waals surface area contributed by atoms with Crippen LogP contribution >= 0.6 is 11.6 Å². The summed E-state index contributed by atoms with van der Waals surface area (Å²) in [6.45, 7) is 3.73. The lowest BCUT2D eigenvalue weighted by Gasteiger charge is -2.33. The summed E-state index contributed by atoms with van der Waals surface area (Å²) in [4.78, 5) is 35.6. The largest absolute Gasteiger partial charge is 0.342 e. The predicted molar refractivity (Wildman–Crippen MR) is 135 cm³/mol. The molecule has 3 heterocycles. The average Bonchev–Trinajstić information content (AvgIpc) is 3.28. The minimum absolute atomic E-state index is 0.0578. The fourth-order valence-corrected chi connectivity index (χ4v) is 5.04. The maximum atomic E-state index is 13.2. The summed E-state index contributed by atoms with van der Waals surface area (Å²) in [5.74, 6) is 0.716. The van der Waals surface area contributed by atoms with Crippen LogP contribution in [0.2, 0.25) is 5.02 Å². The molecule has 180 valence electrons. The first-order valence-corrected chi connectivity index (χ1v) is 12.3. The van der Waals surface area contributed by atoms with E-state index in [2.05, 4.69) is 15.3 Å². The topological polar surface area (TPSA) is 96.8 Å². The molecule has 35 heavy (non-hydrogen) atoms. The highest BCUT2D eigenvalue weighted by atomic mass is 35.5. The van der Waals surface area contributed by atoms with Crippen LogP contribution in [0.15, 0.2) is 59.4 Å². The van der Waals surface area contributed by atoms with Crippen molar-refractivity contribution in [3.8, 4) is 0 Å². The number of H-pyrrole nitrogens is 1. The number of aromatic nitrogens is 5. The van der Waals surface area contributed by atoms with E-state index in [4.69, 9.17) is 16.6 Å². The van der Waals surface area contributed by atoms with E-state index in [1.807, 2.05) is 66.4 Å². The van der Waals surface area contributed by atoms with Crippen molar-refractivity contribution < 1.29 is 4.79 Å². The van der Waals surface area contributed by atoms with Gasteiger partial charge in [-0.25, -0.2) is 9.67 Å². The smallest absolute Gasteiger partial charge is 0.281 e. The van der Waals surface area contributed by atoms with Gasteiger partial charge < -0.3 is 9.88 Å². The lowest BCUT2D eigenvalue weighted by molar-refractivity contribution is -0.134. The maximum absolute atomic E-state index is 13.2. The van der Waals surface area contributed by atoms with Crippen LogP contribution in [-0.2, 0) is 11.3 Å². The SMILES string of the molecule is CCC(C(=O)N1CCC(c2nc3c(nnn3Cc3cccc(Cl)c3)c(=O)[nH]2)CC1)c1ccccc1. The standard InChI is InChI=1S/C26H27ClN6O2/c1-2-21(18-8-4-3-5-9-18)26(35)32-13-11-19(12-14-32)23-28-24-22(25(34)29-23)30-31-33(24)16-17-7-6-10-20(27)15-17/h3-10,15,19,21H,2,11-14,16H2,1H3,(H,28,29,34). The molecule has 0 radical (unpaired) electrons. The third kappa shape index (κ3) is 4.84. The van der Waals surface area contributed by atoms with Crippen molar-refractivity contribution in [3.05, 3.63) is 86.9 Å². The summed E-state index contributed by atoms with van der Waals surface area (Å²) in [6, 6.07) is 17.4. The second-order valence-corrected chi connectivity index (χ2v) is 9.41. The average molecular weight is 491 g/mol. The Balaban J connectivity index is 1.32. The zero-order valence-electron chi connectivity index (χ0n) is 19.5. The van der Waals surface area contributed by atoms with Gasteiger partial charge in [0.1, 0.15) is 5.82 Å². The molecule has 1 saturated heterocycles. The Hall–Kier alpha value is -3.52. The lowest BCUT2D eigenvalue weighted by Crippen LogP contribution is -2.41. The number of benzene rings is 2. The van der Waals surface area contributed by atoms with Crippen LogP contribution in [0.1, 0.15) is 55.0 Å². The molecule has 1 unspecified atom stereocenters. The minimum Gasteiger partial charge on any atom is -0.342 e. The van der Waals surface area contributed by atoms with Gasteiger partial charge in [0.25, 0.3) is 5.56 Å². The molecule has 1 aliphatic heterocycles. The normalized spacial score (nSPS) is 15.4. The van der Waals surface area contributed by atoms with Gasteiger partial charge in [-0.15, -0.1) is 5.10 Å². The van der Waals surface area contributed by atoms with Crippen LogP contribution in [0.5, 0.6) is 0 Å². The van der Waals surface area contributed by atoms with Gasteiger partial charge in [0.15, 0.2) is 11.2 Å². The summed E-state index contributed by atoms with van der Waals surface area (Å²) in [5, 5.41) is 8.82. The number of piperidine rings is 1. The van der Waals surface area contributed by atoms with Gasteiger partial charge in [-0.3, -0.25) is 9.59 Å². The molecule has 0 spiro atoms. The molecular weight excluding hydrogens is 464 g/mol. The molecule has 9 heteroatoms. The third-order valence-corrected chi connectivity index (χ3v) is 6.95. The molecule has 4 aromatic rings. The van der Waals surface area contributed by atoms with Crippen molar-refractivity contribution in [2.45, 2.75) is 44.6 Å². The van der Waals surface area contributed by atoms with E-state index >= 15 is 0 Å². The molecule has 2 aromatic carbocycles. The van der Waals surface area contributed by atoms with Crippen LogP contribution in [0.3, 0.4) is 0 Å². The first-order chi connectivity index (χ1) is 17.0. The zero-order valence-corrected chi connectivity index (χ0v) is 20.3. The number of carbonyl (C=O) groups is 1. The highest BCUT2D eigenvalue weighted by Crippen LogP contribution is 2.29. The Labute approximate surface area is 207 Å². The molecule has 1 aliphatic rings. The first kappa shape index (κ1) is 23.2. The highest BCUT2D eigenvalue weighted by Gasteiger charge is 2.30. The fraction of sp³-hybridized carbons (Fsp3) is 0.346.